The molecule has 0 N–H and O–H groups in total. The van der Waals surface area contributed by atoms with Crippen LogP contribution in [0.15, 0.2) is 23.1 Å². The fourth-order valence-corrected chi connectivity index (χ4v) is 3.75. The predicted molar refractivity (Wildman–Crippen MR) is 75.2 cm³/mol. The summed E-state index contributed by atoms with van der Waals surface area (Å²) in [5, 5.41) is 8.90. The van der Waals surface area contributed by atoms with E-state index in [1.807, 2.05) is 26.8 Å². The Labute approximate surface area is 115 Å². The highest BCUT2D eigenvalue weighted by Gasteiger charge is 2.25. The summed E-state index contributed by atoms with van der Waals surface area (Å²) in [5.74, 6) is 0.259. The molecule has 1 aromatic carbocycles. The Hall–Kier alpha value is -1.38. The molecule has 0 saturated heterocycles. The Kier molecular flexibility index (Phi) is 5.10. The third kappa shape index (κ3) is 3.55. The first kappa shape index (κ1) is 15.7. The van der Waals surface area contributed by atoms with Crippen LogP contribution in [0.3, 0.4) is 0 Å². The first-order valence-corrected chi connectivity index (χ1v) is 7.77. The van der Waals surface area contributed by atoms with Crippen molar-refractivity contribution >= 4 is 10.0 Å². The van der Waals surface area contributed by atoms with Gasteiger partial charge < -0.3 is 0 Å². The molecule has 0 unspecified atom stereocenters. The summed E-state index contributed by atoms with van der Waals surface area (Å²) in [4.78, 5) is 0.231. The maximum Gasteiger partial charge on any atom is 0.243 e. The van der Waals surface area contributed by atoms with E-state index in [4.69, 9.17) is 5.26 Å². The Bertz CT molecular complexity index is 586. The fraction of sp³-hybridized carbons (Fsp3) is 0.500. The molecule has 0 aromatic heterocycles. The van der Waals surface area contributed by atoms with Crippen molar-refractivity contribution in [1.82, 2.24) is 4.31 Å². The lowest BCUT2D eigenvalue weighted by Gasteiger charge is -2.23. The van der Waals surface area contributed by atoms with E-state index in [0.29, 0.717) is 24.2 Å². The van der Waals surface area contributed by atoms with Crippen molar-refractivity contribution in [1.29, 1.82) is 5.26 Å². The molecule has 0 atom stereocenters. The Balaban J connectivity index is 3.29. The maximum absolute atomic E-state index is 12.6. The minimum atomic E-state index is -3.53. The standard InChI is InChI=1S/C14H20N2O2S/c1-5-16(10-11(2)3)19(17,18)14-8-13(9-15)7-6-12(14)4/h6-8,11H,5,10H2,1-4H3. The Morgan fingerprint density at radius 1 is 1.37 bits per heavy atom. The van der Waals surface area contributed by atoms with Gasteiger partial charge in [0.15, 0.2) is 0 Å². The van der Waals surface area contributed by atoms with Crippen LogP contribution in [0.1, 0.15) is 31.9 Å². The molecular weight excluding hydrogens is 260 g/mol. The van der Waals surface area contributed by atoms with E-state index >= 15 is 0 Å². The molecule has 0 aliphatic heterocycles. The van der Waals surface area contributed by atoms with Crippen molar-refractivity contribution in [2.24, 2.45) is 5.92 Å². The monoisotopic (exact) mass is 280 g/mol. The molecule has 0 saturated carbocycles. The topological polar surface area (TPSA) is 61.2 Å². The number of nitriles is 1. The molecule has 0 fully saturated rings. The van der Waals surface area contributed by atoms with Gasteiger partial charge in [0.25, 0.3) is 0 Å². The van der Waals surface area contributed by atoms with E-state index in [2.05, 4.69) is 0 Å². The van der Waals surface area contributed by atoms with E-state index in [-0.39, 0.29) is 10.8 Å². The van der Waals surface area contributed by atoms with Gasteiger partial charge in [0, 0.05) is 13.1 Å². The molecule has 4 nitrogen and oxygen atoms in total. The number of rotatable bonds is 5. The molecule has 1 rings (SSSR count). The van der Waals surface area contributed by atoms with Crippen LogP contribution in [0.5, 0.6) is 0 Å². The van der Waals surface area contributed by atoms with Crippen LogP contribution < -0.4 is 0 Å². The summed E-state index contributed by atoms with van der Waals surface area (Å²) in [5.41, 5.74) is 1.03. The van der Waals surface area contributed by atoms with Crippen LogP contribution >= 0.6 is 0 Å². The molecule has 19 heavy (non-hydrogen) atoms. The Morgan fingerprint density at radius 2 is 2.00 bits per heavy atom. The minimum absolute atomic E-state index is 0.231. The van der Waals surface area contributed by atoms with Crippen LogP contribution in [0.25, 0.3) is 0 Å². The van der Waals surface area contributed by atoms with Gasteiger partial charge in [0.1, 0.15) is 0 Å². The molecule has 0 radical (unpaired) electrons. The smallest absolute Gasteiger partial charge is 0.207 e. The lowest BCUT2D eigenvalue weighted by atomic mass is 10.2. The first-order chi connectivity index (χ1) is 8.82. The number of hydrogen-bond acceptors (Lipinski definition) is 3. The molecule has 0 aliphatic carbocycles. The SMILES string of the molecule is CCN(CC(C)C)S(=O)(=O)c1cc(C#N)ccc1C. The molecule has 0 aliphatic rings. The lowest BCUT2D eigenvalue weighted by molar-refractivity contribution is 0.380. The third-order valence-electron chi connectivity index (χ3n) is 2.86. The van der Waals surface area contributed by atoms with Crippen LogP contribution in [0, 0.1) is 24.2 Å². The normalized spacial score (nSPS) is 11.8. The molecule has 0 amide bonds. The second kappa shape index (κ2) is 6.18. The van der Waals surface area contributed by atoms with Gasteiger partial charge in [-0.3, -0.25) is 0 Å². The second-order valence-electron chi connectivity index (χ2n) is 4.94. The van der Waals surface area contributed by atoms with Crippen molar-refractivity contribution in [3.63, 3.8) is 0 Å². The summed E-state index contributed by atoms with van der Waals surface area (Å²) in [6.07, 6.45) is 0. The van der Waals surface area contributed by atoms with Crippen molar-refractivity contribution in [2.75, 3.05) is 13.1 Å². The summed E-state index contributed by atoms with van der Waals surface area (Å²) >= 11 is 0. The van der Waals surface area contributed by atoms with Crippen LogP contribution in [0.4, 0.5) is 0 Å². The molecule has 0 bridgehead atoms. The molecule has 0 spiro atoms. The highest BCUT2D eigenvalue weighted by Crippen LogP contribution is 2.22. The zero-order chi connectivity index (χ0) is 14.6. The number of aryl methyl sites for hydroxylation is 1. The summed E-state index contributed by atoms with van der Waals surface area (Å²) in [7, 11) is -3.53. The van der Waals surface area contributed by atoms with Crippen LogP contribution in [-0.2, 0) is 10.0 Å². The summed E-state index contributed by atoms with van der Waals surface area (Å²) in [6.45, 7) is 8.44. The van der Waals surface area contributed by atoms with Crippen LogP contribution in [0.2, 0.25) is 0 Å². The van der Waals surface area contributed by atoms with Crippen molar-refractivity contribution < 1.29 is 8.42 Å². The summed E-state index contributed by atoms with van der Waals surface area (Å²) in [6, 6.07) is 6.74. The van der Waals surface area contributed by atoms with Gasteiger partial charge in [-0.15, -0.1) is 0 Å². The van der Waals surface area contributed by atoms with E-state index in [1.165, 1.54) is 10.4 Å². The van der Waals surface area contributed by atoms with Gasteiger partial charge in [-0.05, 0) is 30.5 Å². The van der Waals surface area contributed by atoms with E-state index in [1.54, 1.807) is 19.1 Å². The molecule has 1 aromatic rings. The first-order valence-electron chi connectivity index (χ1n) is 6.33. The van der Waals surface area contributed by atoms with Crippen molar-refractivity contribution in [3.8, 4) is 6.07 Å². The van der Waals surface area contributed by atoms with Crippen LogP contribution in [-0.4, -0.2) is 25.8 Å². The average Bonchev–Trinajstić information content (AvgIpc) is 2.35. The quantitative estimate of drug-likeness (QED) is 0.832. The van der Waals surface area contributed by atoms with Crippen molar-refractivity contribution in [2.45, 2.75) is 32.6 Å². The molecular formula is C14H20N2O2S. The number of benzene rings is 1. The van der Waals surface area contributed by atoms with Gasteiger partial charge >= 0.3 is 0 Å². The number of nitrogens with zero attached hydrogens (tertiary/aromatic N) is 2. The van der Waals surface area contributed by atoms with Crippen molar-refractivity contribution in [3.05, 3.63) is 29.3 Å². The van der Waals surface area contributed by atoms with E-state index in [0.717, 1.165) is 0 Å². The van der Waals surface area contributed by atoms with Gasteiger partial charge in [-0.2, -0.15) is 9.57 Å². The highest BCUT2D eigenvalue weighted by atomic mass is 32.2. The van der Waals surface area contributed by atoms with Gasteiger partial charge in [-0.1, -0.05) is 26.8 Å². The second-order valence-corrected chi connectivity index (χ2v) is 6.85. The number of hydrogen-bond donors (Lipinski definition) is 0. The van der Waals surface area contributed by atoms with E-state index < -0.39 is 10.0 Å². The van der Waals surface area contributed by atoms with Gasteiger partial charge in [0.05, 0.1) is 16.5 Å². The molecule has 5 heteroatoms. The molecule has 0 heterocycles. The zero-order valence-electron chi connectivity index (χ0n) is 11.8. The van der Waals surface area contributed by atoms with E-state index in [9.17, 15) is 8.42 Å². The Morgan fingerprint density at radius 3 is 2.47 bits per heavy atom. The predicted octanol–water partition coefficient (Wildman–Crippen LogP) is 2.53. The van der Waals surface area contributed by atoms with Gasteiger partial charge in [0.2, 0.25) is 10.0 Å². The summed E-state index contributed by atoms with van der Waals surface area (Å²) < 4.78 is 26.7. The fourth-order valence-electron chi connectivity index (χ4n) is 1.89. The largest absolute Gasteiger partial charge is 0.243 e. The minimum Gasteiger partial charge on any atom is -0.207 e. The lowest BCUT2D eigenvalue weighted by Crippen LogP contribution is -2.34. The third-order valence-corrected chi connectivity index (χ3v) is 4.94. The highest BCUT2D eigenvalue weighted by molar-refractivity contribution is 7.89. The average molecular weight is 280 g/mol. The molecule has 104 valence electrons. The zero-order valence-corrected chi connectivity index (χ0v) is 12.7. The maximum atomic E-state index is 12.6. The van der Waals surface area contributed by atoms with Gasteiger partial charge in [-0.25, -0.2) is 8.42 Å². The number of sulfonamides is 1.